The second-order valence-corrected chi connectivity index (χ2v) is 5.77. The third kappa shape index (κ3) is 4.01. The summed E-state index contributed by atoms with van der Waals surface area (Å²) in [5.41, 5.74) is -0.0168. The van der Waals surface area contributed by atoms with Gasteiger partial charge in [-0.05, 0) is 27.9 Å². The minimum absolute atomic E-state index is 0.0168. The van der Waals surface area contributed by atoms with E-state index in [-0.39, 0.29) is 12.3 Å². The van der Waals surface area contributed by atoms with Crippen LogP contribution in [0.2, 0.25) is 0 Å². The Morgan fingerprint density at radius 1 is 1.48 bits per heavy atom. The lowest BCUT2D eigenvalue weighted by Crippen LogP contribution is -2.12. The maximum absolute atomic E-state index is 10.8. The summed E-state index contributed by atoms with van der Waals surface area (Å²) in [5, 5.41) is 14.9. The van der Waals surface area contributed by atoms with Gasteiger partial charge >= 0.3 is 0 Å². The predicted molar refractivity (Wildman–Crippen MR) is 80.0 cm³/mol. The van der Waals surface area contributed by atoms with Gasteiger partial charge in [-0.25, -0.2) is 9.67 Å². The number of nitro groups is 1. The summed E-state index contributed by atoms with van der Waals surface area (Å²) in [7, 11) is 0. The van der Waals surface area contributed by atoms with E-state index in [1.165, 1.54) is 18.5 Å². The second kappa shape index (κ2) is 6.66. The number of rotatable bonds is 6. The molecule has 0 bridgehead atoms. The van der Waals surface area contributed by atoms with Crippen LogP contribution in [0.3, 0.4) is 0 Å². The van der Waals surface area contributed by atoms with Crippen LogP contribution in [0.1, 0.15) is 19.7 Å². The Hall–Kier alpha value is -1.96. The maximum Gasteiger partial charge on any atom is 0.273 e. The summed E-state index contributed by atoms with van der Waals surface area (Å²) in [6.07, 6.45) is 1.48. The molecule has 2 rings (SSSR count). The molecule has 8 heteroatoms. The molecule has 0 spiro atoms. The van der Waals surface area contributed by atoms with Crippen molar-refractivity contribution in [3.05, 3.63) is 44.9 Å². The first-order chi connectivity index (χ1) is 9.97. The summed E-state index contributed by atoms with van der Waals surface area (Å²) in [6, 6.07) is 4.39. The molecule has 0 saturated carbocycles. The van der Waals surface area contributed by atoms with Gasteiger partial charge in [-0.3, -0.25) is 10.1 Å². The number of halogens is 1. The Morgan fingerprint density at radius 2 is 2.24 bits per heavy atom. The number of hydrogen-bond acceptors (Lipinski definition) is 5. The molecule has 0 fully saturated rings. The quantitative estimate of drug-likeness (QED) is 0.587. The molecule has 7 nitrogen and oxygen atoms in total. The Balaban J connectivity index is 2.11. The van der Waals surface area contributed by atoms with Gasteiger partial charge in [0.2, 0.25) is 0 Å². The van der Waals surface area contributed by atoms with E-state index in [0.29, 0.717) is 22.0 Å². The van der Waals surface area contributed by atoms with E-state index in [1.807, 2.05) is 0 Å². The lowest BCUT2D eigenvalue weighted by Gasteiger charge is -2.10. The summed E-state index contributed by atoms with van der Waals surface area (Å²) >= 11 is 3.31. The van der Waals surface area contributed by atoms with Crippen LogP contribution >= 0.6 is 15.9 Å². The molecule has 0 aliphatic heterocycles. The fraction of sp³-hybridized carbons (Fsp3) is 0.385. The highest BCUT2D eigenvalue weighted by molar-refractivity contribution is 9.10. The van der Waals surface area contributed by atoms with E-state index >= 15 is 0 Å². The molecule has 0 amide bonds. The zero-order valence-corrected chi connectivity index (χ0v) is 13.3. The molecule has 0 saturated heterocycles. The van der Waals surface area contributed by atoms with Gasteiger partial charge in [0.15, 0.2) is 5.82 Å². The maximum atomic E-state index is 10.8. The van der Waals surface area contributed by atoms with Crippen molar-refractivity contribution in [2.75, 3.05) is 0 Å². The molecule has 21 heavy (non-hydrogen) atoms. The van der Waals surface area contributed by atoms with Crippen LogP contribution in [0.5, 0.6) is 5.75 Å². The minimum atomic E-state index is -0.458. The fourth-order valence-corrected chi connectivity index (χ4v) is 2.12. The first-order valence-corrected chi connectivity index (χ1v) is 7.20. The van der Waals surface area contributed by atoms with E-state index in [0.717, 1.165) is 6.54 Å². The van der Waals surface area contributed by atoms with Gasteiger partial charge < -0.3 is 4.74 Å². The number of ether oxygens (including phenoxy) is 1. The standard InChI is InChI=1S/C13H15BrN4O3/c1-9(2)6-17-13(15-8-16-17)7-21-12-5-10(18(19)20)3-4-11(12)14/h3-5,8-9H,6-7H2,1-2H3. The van der Waals surface area contributed by atoms with Crippen molar-refractivity contribution < 1.29 is 9.66 Å². The molecule has 1 heterocycles. The van der Waals surface area contributed by atoms with Crippen LogP contribution in [-0.4, -0.2) is 19.7 Å². The number of benzene rings is 1. The zero-order valence-electron chi connectivity index (χ0n) is 11.7. The molecule has 0 atom stereocenters. The summed E-state index contributed by atoms with van der Waals surface area (Å²) < 4.78 is 8.05. The second-order valence-electron chi connectivity index (χ2n) is 4.91. The molecular weight excluding hydrogens is 340 g/mol. The molecule has 0 aliphatic rings. The largest absolute Gasteiger partial charge is 0.484 e. The molecule has 112 valence electrons. The van der Waals surface area contributed by atoms with Crippen molar-refractivity contribution in [2.45, 2.75) is 27.0 Å². The molecule has 0 radical (unpaired) electrons. The Bertz CT molecular complexity index is 642. The summed E-state index contributed by atoms with van der Waals surface area (Å²) in [4.78, 5) is 14.5. The van der Waals surface area contributed by atoms with Crippen molar-refractivity contribution in [3.63, 3.8) is 0 Å². The lowest BCUT2D eigenvalue weighted by atomic mass is 10.2. The highest BCUT2D eigenvalue weighted by Gasteiger charge is 2.12. The van der Waals surface area contributed by atoms with E-state index in [1.54, 1.807) is 10.7 Å². The normalized spacial score (nSPS) is 10.9. The van der Waals surface area contributed by atoms with Crippen LogP contribution in [-0.2, 0) is 13.2 Å². The summed E-state index contributed by atoms with van der Waals surface area (Å²) in [6.45, 7) is 5.12. The third-order valence-electron chi connectivity index (χ3n) is 2.72. The molecule has 1 aromatic heterocycles. The van der Waals surface area contributed by atoms with Crippen molar-refractivity contribution in [3.8, 4) is 5.75 Å². The first-order valence-electron chi connectivity index (χ1n) is 6.40. The molecule has 0 N–H and O–H groups in total. The number of nitrogens with zero attached hydrogens (tertiary/aromatic N) is 4. The SMILES string of the molecule is CC(C)Cn1ncnc1COc1cc([N+](=O)[O-])ccc1Br. The highest BCUT2D eigenvalue weighted by Crippen LogP contribution is 2.29. The van der Waals surface area contributed by atoms with Gasteiger partial charge in [0, 0.05) is 12.6 Å². The molecular formula is C13H15BrN4O3. The van der Waals surface area contributed by atoms with Crippen molar-refractivity contribution in [1.82, 2.24) is 14.8 Å². The third-order valence-corrected chi connectivity index (χ3v) is 3.37. The highest BCUT2D eigenvalue weighted by atomic mass is 79.9. The smallest absolute Gasteiger partial charge is 0.273 e. The van der Waals surface area contributed by atoms with Gasteiger partial charge in [-0.2, -0.15) is 5.10 Å². The van der Waals surface area contributed by atoms with E-state index in [9.17, 15) is 10.1 Å². The average molecular weight is 355 g/mol. The van der Waals surface area contributed by atoms with Crippen molar-refractivity contribution in [2.24, 2.45) is 5.92 Å². The number of aromatic nitrogens is 3. The topological polar surface area (TPSA) is 83.1 Å². The van der Waals surface area contributed by atoms with Gasteiger partial charge in [0.1, 0.15) is 18.7 Å². The van der Waals surface area contributed by atoms with E-state index in [2.05, 4.69) is 39.9 Å². The van der Waals surface area contributed by atoms with Crippen LogP contribution in [0, 0.1) is 16.0 Å². The summed E-state index contributed by atoms with van der Waals surface area (Å²) in [5.74, 6) is 1.53. The number of non-ortho nitro benzene ring substituents is 1. The molecule has 0 unspecified atom stereocenters. The lowest BCUT2D eigenvalue weighted by molar-refractivity contribution is -0.385. The van der Waals surface area contributed by atoms with Crippen LogP contribution in [0.25, 0.3) is 0 Å². The minimum Gasteiger partial charge on any atom is -0.484 e. The van der Waals surface area contributed by atoms with E-state index < -0.39 is 4.92 Å². The predicted octanol–water partition coefficient (Wildman–Crippen LogP) is 3.18. The number of hydrogen-bond donors (Lipinski definition) is 0. The van der Waals surface area contributed by atoms with Crippen LogP contribution in [0.15, 0.2) is 29.0 Å². The Labute approximate surface area is 130 Å². The average Bonchev–Trinajstić information content (AvgIpc) is 2.84. The molecule has 1 aromatic carbocycles. The van der Waals surface area contributed by atoms with Gasteiger partial charge in [0.05, 0.1) is 15.5 Å². The van der Waals surface area contributed by atoms with Gasteiger partial charge in [-0.1, -0.05) is 13.8 Å². The molecule has 0 aliphatic carbocycles. The van der Waals surface area contributed by atoms with Crippen LogP contribution < -0.4 is 4.74 Å². The van der Waals surface area contributed by atoms with Gasteiger partial charge in [0.25, 0.3) is 5.69 Å². The zero-order chi connectivity index (χ0) is 15.4. The van der Waals surface area contributed by atoms with E-state index in [4.69, 9.17) is 4.74 Å². The van der Waals surface area contributed by atoms with Crippen LogP contribution in [0.4, 0.5) is 5.69 Å². The molecule has 2 aromatic rings. The van der Waals surface area contributed by atoms with Gasteiger partial charge in [-0.15, -0.1) is 0 Å². The Morgan fingerprint density at radius 3 is 2.90 bits per heavy atom. The fourth-order valence-electron chi connectivity index (χ4n) is 1.76. The van der Waals surface area contributed by atoms with Crippen molar-refractivity contribution >= 4 is 21.6 Å². The first kappa shape index (κ1) is 15.4. The van der Waals surface area contributed by atoms with Crippen molar-refractivity contribution in [1.29, 1.82) is 0 Å². The monoisotopic (exact) mass is 354 g/mol. The Kier molecular flexibility index (Phi) is 4.89. The number of nitro benzene ring substituents is 1.